The summed E-state index contributed by atoms with van der Waals surface area (Å²) in [6.45, 7) is 7.92. The third kappa shape index (κ3) is 4.43. The topological polar surface area (TPSA) is 84.8 Å². The maximum atomic E-state index is 12.2. The first kappa shape index (κ1) is 18.0. The van der Waals surface area contributed by atoms with E-state index in [0.29, 0.717) is 21.6 Å². The molecule has 6 nitrogen and oxygen atoms in total. The first-order valence-electron chi connectivity index (χ1n) is 8.00. The Balaban J connectivity index is 1.63. The van der Waals surface area contributed by atoms with Crippen LogP contribution in [0.4, 0.5) is 5.13 Å². The molecule has 0 spiro atoms. The van der Waals surface area contributed by atoms with E-state index in [9.17, 15) is 9.59 Å². The van der Waals surface area contributed by atoms with Crippen LogP contribution in [0.3, 0.4) is 0 Å². The Labute approximate surface area is 154 Å². The van der Waals surface area contributed by atoms with Crippen LogP contribution in [-0.4, -0.2) is 32.4 Å². The molecule has 0 aromatic carbocycles. The van der Waals surface area contributed by atoms with E-state index in [4.69, 9.17) is 0 Å². The van der Waals surface area contributed by atoms with Gasteiger partial charge in [-0.25, -0.2) is 15.0 Å². The Morgan fingerprint density at radius 3 is 2.60 bits per heavy atom. The molecule has 2 heterocycles. The molecule has 0 aliphatic heterocycles. The molecule has 1 aliphatic carbocycles. The lowest BCUT2D eigenvalue weighted by Crippen LogP contribution is -2.26. The number of thiazole rings is 1. The predicted octanol–water partition coefficient (Wildman–Crippen LogP) is 3.44. The number of aromatic nitrogens is 3. The summed E-state index contributed by atoms with van der Waals surface area (Å²) in [5, 5.41) is 3.86. The Kier molecular flexibility index (Phi) is 4.92. The zero-order chi connectivity index (χ0) is 18.2. The molecule has 0 saturated heterocycles. The molecule has 132 valence electrons. The van der Waals surface area contributed by atoms with E-state index in [1.54, 1.807) is 0 Å². The summed E-state index contributed by atoms with van der Waals surface area (Å²) in [4.78, 5) is 38.1. The third-order valence-corrected chi connectivity index (χ3v) is 5.68. The van der Waals surface area contributed by atoms with Gasteiger partial charge in [0.2, 0.25) is 5.91 Å². The molecule has 2 aromatic heterocycles. The molecule has 0 radical (unpaired) electrons. The SMILES string of the molecule is Cc1cc(C)nc(SCC(=O)Nc2nc3c(s2)C(=O)CC(C)(C)C3)n1. The second kappa shape index (κ2) is 6.84. The largest absolute Gasteiger partial charge is 0.301 e. The van der Waals surface area contributed by atoms with E-state index >= 15 is 0 Å². The van der Waals surface area contributed by atoms with Crippen LogP contribution in [0.5, 0.6) is 0 Å². The van der Waals surface area contributed by atoms with Gasteiger partial charge in [0.25, 0.3) is 0 Å². The van der Waals surface area contributed by atoms with Crippen LogP contribution >= 0.6 is 23.1 Å². The van der Waals surface area contributed by atoms with Crippen molar-refractivity contribution in [2.75, 3.05) is 11.1 Å². The number of rotatable bonds is 4. The number of anilines is 1. The van der Waals surface area contributed by atoms with Gasteiger partial charge in [0.05, 0.1) is 16.3 Å². The van der Waals surface area contributed by atoms with Crippen molar-refractivity contribution in [1.29, 1.82) is 0 Å². The van der Waals surface area contributed by atoms with Crippen LogP contribution < -0.4 is 5.32 Å². The third-order valence-electron chi connectivity index (χ3n) is 3.78. The fourth-order valence-corrected chi connectivity index (χ4v) is 4.50. The quantitative estimate of drug-likeness (QED) is 0.650. The summed E-state index contributed by atoms with van der Waals surface area (Å²) in [6.07, 6.45) is 1.28. The molecule has 0 unspecified atom stereocenters. The number of fused-ring (bicyclic) bond motifs is 1. The van der Waals surface area contributed by atoms with Gasteiger partial charge in [0.15, 0.2) is 16.1 Å². The van der Waals surface area contributed by atoms with E-state index in [0.717, 1.165) is 23.5 Å². The van der Waals surface area contributed by atoms with Gasteiger partial charge in [-0.1, -0.05) is 36.9 Å². The molecule has 25 heavy (non-hydrogen) atoms. The van der Waals surface area contributed by atoms with Gasteiger partial charge in [0.1, 0.15) is 0 Å². The normalized spacial score (nSPS) is 15.8. The molecular weight excluding hydrogens is 356 g/mol. The number of hydrogen-bond acceptors (Lipinski definition) is 7. The van der Waals surface area contributed by atoms with Gasteiger partial charge >= 0.3 is 0 Å². The van der Waals surface area contributed by atoms with Crippen LogP contribution in [0.2, 0.25) is 0 Å². The van der Waals surface area contributed by atoms with E-state index in [-0.39, 0.29) is 22.9 Å². The monoisotopic (exact) mass is 376 g/mol. The van der Waals surface area contributed by atoms with Gasteiger partial charge in [-0.15, -0.1) is 0 Å². The summed E-state index contributed by atoms with van der Waals surface area (Å²) in [7, 11) is 0. The van der Waals surface area contributed by atoms with Crippen molar-refractivity contribution in [1.82, 2.24) is 15.0 Å². The highest BCUT2D eigenvalue weighted by atomic mass is 32.2. The molecule has 1 N–H and O–H groups in total. The van der Waals surface area contributed by atoms with E-state index in [1.807, 2.05) is 19.9 Å². The number of thioether (sulfide) groups is 1. The second-order valence-electron chi connectivity index (χ2n) is 7.01. The Morgan fingerprint density at radius 2 is 1.92 bits per heavy atom. The van der Waals surface area contributed by atoms with Crippen LogP contribution in [0, 0.1) is 19.3 Å². The summed E-state index contributed by atoms with van der Waals surface area (Å²) in [5.41, 5.74) is 2.48. The van der Waals surface area contributed by atoms with Crippen molar-refractivity contribution >= 4 is 39.9 Å². The van der Waals surface area contributed by atoms with Gasteiger partial charge in [-0.3, -0.25) is 9.59 Å². The van der Waals surface area contributed by atoms with E-state index < -0.39 is 0 Å². The molecule has 2 aromatic rings. The maximum Gasteiger partial charge on any atom is 0.236 e. The number of carbonyl (C=O) groups excluding carboxylic acids is 2. The van der Waals surface area contributed by atoms with Crippen LogP contribution in [0.1, 0.15) is 47.0 Å². The van der Waals surface area contributed by atoms with Crippen LogP contribution in [0.25, 0.3) is 0 Å². The van der Waals surface area contributed by atoms with Gasteiger partial charge in [-0.05, 0) is 31.7 Å². The van der Waals surface area contributed by atoms with Crippen molar-refractivity contribution in [2.24, 2.45) is 5.41 Å². The van der Waals surface area contributed by atoms with Crippen molar-refractivity contribution in [2.45, 2.75) is 45.7 Å². The lowest BCUT2D eigenvalue weighted by atomic mass is 9.78. The lowest BCUT2D eigenvalue weighted by molar-refractivity contribution is -0.113. The fraction of sp³-hybridized carbons (Fsp3) is 0.471. The lowest BCUT2D eigenvalue weighted by Gasteiger charge is -2.26. The highest BCUT2D eigenvalue weighted by Gasteiger charge is 2.34. The molecular formula is C17H20N4O2S2. The number of amides is 1. The zero-order valence-corrected chi connectivity index (χ0v) is 16.3. The number of hydrogen-bond donors (Lipinski definition) is 1. The van der Waals surface area contributed by atoms with Crippen molar-refractivity contribution in [3.8, 4) is 0 Å². The van der Waals surface area contributed by atoms with Crippen LogP contribution in [-0.2, 0) is 11.2 Å². The summed E-state index contributed by atoms with van der Waals surface area (Å²) in [6, 6.07) is 1.89. The fourth-order valence-electron chi connectivity index (χ4n) is 2.82. The molecule has 1 amide bonds. The number of Topliss-reactive ketones (excluding diaryl/α,β-unsaturated/α-hetero) is 1. The minimum absolute atomic E-state index is 0.0738. The van der Waals surface area contributed by atoms with E-state index in [1.165, 1.54) is 23.1 Å². The molecule has 0 bridgehead atoms. The van der Waals surface area contributed by atoms with Gasteiger partial charge < -0.3 is 5.32 Å². The Hall–Kier alpha value is -1.80. The number of aryl methyl sites for hydroxylation is 2. The van der Waals surface area contributed by atoms with Crippen molar-refractivity contribution in [3.05, 3.63) is 28.0 Å². The molecule has 1 aliphatic rings. The number of carbonyl (C=O) groups is 2. The summed E-state index contributed by atoms with van der Waals surface area (Å²) in [5.74, 6) is 0.139. The Bertz CT molecular complexity index is 825. The Morgan fingerprint density at radius 1 is 1.24 bits per heavy atom. The maximum absolute atomic E-state index is 12.2. The molecule has 3 rings (SSSR count). The first-order valence-corrected chi connectivity index (χ1v) is 9.80. The predicted molar refractivity (Wildman–Crippen MR) is 99.4 cm³/mol. The van der Waals surface area contributed by atoms with E-state index in [2.05, 4.69) is 34.1 Å². The smallest absolute Gasteiger partial charge is 0.236 e. The minimum atomic E-state index is -0.175. The summed E-state index contributed by atoms with van der Waals surface area (Å²) >= 11 is 2.55. The van der Waals surface area contributed by atoms with Gasteiger partial charge in [-0.2, -0.15) is 0 Å². The highest BCUT2D eigenvalue weighted by molar-refractivity contribution is 7.99. The second-order valence-corrected chi connectivity index (χ2v) is 8.95. The van der Waals surface area contributed by atoms with Crippen molar-refractivity contribution in [3.63, 3.8) is 0 Å². The van der Waals surface area contributed by atoms with Crippen LogP contribution in [0.15, 0.2) is 11.2 Å². The molecule has 0 fully saturated rings. The molecule has 8 heteroatoms. The highest BCUT2D eigenvalue weighted by Crippen LogP contribution is 2.38. The van der Waals surface area contributed by atoms with Crippen molar-refractivity contribution < 1.29 is 9.59 Å². The number of ketones is 1. The number of nitrogens with zero attached hydrogens (tertiary/aromatic N) is 3. The first-order chi connectivity index (χ1) is 11.7. The molecule has 0 atom stereocenters. The number of nitrogens with one attached hydrogen (secondary N) is 1. The zero-order valence-electron chi connectivity index (χ0n) is 14.7. The average molecular weight is 377 g/mol. The van der Waals surface area contributed by atoms with Gasteiger partial charge in [0, 0.05) is 17.8 Å². The minimum Gasteiger partial charge on any atom is -0.301 e. The standard InChI is InChI=1S/C17H20N4O2S2/c1-9-5-10(2)19-15(18-9)24-8-13(23)21-16-20-11-6-17(3,4)7-12(22)14(11)25-16/h5H,6-8H2,1-4H3,(H,20,21,23). The summed E-state index contributed by atoms with van der Waals surface area (Å²) < 4.78 is 0. The molecule has 0 saturated carbocycles. The average Bonchev–Trinajstić information content (AvgIpc) is 2.85.